The first-order valence-corrected chi connectivity index (χ1v) is 9.03. The zero-order valence-electron chi connectivity index (χ0n) is 14.2. The molecule has 24 heavy (non-hydrogen) atoms. The molecule has 0 aliphatic carbocycles. The van der Waals surface area contributed by atoms with Gasteiger partial charge < -0.3 is 14.2 Å². The average Bonchev–Trinajstić information content (AvgIpc) is 3.17. The van der Waals surface area contributed by atoms with Crippen molar-refractivity contribution in [2.75, 3.05) is 14.2 Å². The molecule has 4 heterocycles. The Hall–Kier alpha value is -1.47. The van der Waals surface area contributed by atoms with Crippen molar-refractivity contribution < 1.29 is 28.0 Å². The number of hydrogen-bond donors (Lipinski definition) is 0. The largest absolute Gasteiger partial charge is 0.466 e. The summed E-state index contributed by atoms with van der Waals surface area (Å²) in [5, 5.41) is 0. The molecule has 0 N–H and O–H groups in total. The molecule has 0 aromatic heterocycles. The van der Waals surface area contributed by atoms with Crippen LogP contribution >= 0.6 is 0 Å². The van der Waals surface area contributed by atoms with Gasteiger partial charge in [0.2, 0.25) is 0 Å². The molecule has 7 heteroatoms. The van der Waals surface area contributed by atoms with Crippen LogP contribution < -0.4 is 0 Å². The Morgan fingerprint density at radius 1 is 1.08 bits per heavy atom. The summed E-state index contributed by atoms with van der Waals surface area (Å²) in [6.07, 6.45) is 3.35. The highest BCUT2D eigenvalue weighted by atomic mass is 32.2. The third-order valence-corrected chi connectivity index (χ3v) is 8.72. The summed E-state index contributed by atoms with van der Waals surface area (Å²) in [6.45, 7) is 5.68. The summed E-state index contributed by atoms with van der Waals surface area (Å²) in [7, 11) is 1.40. The van der Waals surface area contributed by atoms with E-state index in [4.69, 9.17) is 14.2 Å². The molecule has 0 saturated carbocycles. The predicted molar refractivity (Wildman–Crippen MR) is 85.4 cm³/mol. The van der Waals surface area contributed by atoms with Crippen molar-refractivity contribution in [1.82, 2.24) is 0 Å². The number of carbonyl (C=O) groups excluding carboxylic acids is 2. The van der Waals surface area contributed by atoms with Crippen molar-refractivity contribution in [2.24, 2.45) is 11.8 Å². The van der Waals surface area contributed by atoms with Gasteiger partial charge in [-0.15, -0.1) is 0 Å². The molecular formula is C17H20O6S. The summed E-state index contributed by atoms with van der Waals surface area (Å²) in [6, 6.07) is 0. The molecule has 0 spiro atoms. The number of fused-ring (bicyclic) bond motifs is 9. The number of ether oxygens (including phenoxy) is 3. The minimum Gasteiger partial charge on any atom is -0.466 e. The van der Waals surface area contributed by atoms with Crippen LogP contribution in [0.25, 0.3) is 0 Å². The summed E-state index contributed by atoms with van der Waals surface area (Å²) >= 11 is 0. The van der Waals surface area contributed by atoms with Crippen molar-refractivity contribution in [3.05, 3.63) is 23.3 Å². The Bertz CT molecular complexity index is 769. The number of carbonyl (C=O) groups is 2. The molecule has 0 aromatic carbocycles. The molecule has 130 valence electrons. The van der Waals surface area contributed by atoms with Crippen LogP contribution in [0.1, 0.15) is 20.8 Å². The molecule has 4 aliphatic rings. The lowest BCUT2D eigenvalue weighted by Crippen LogP contribution is -2.50. The molecule has 7 atom stereocenters. The zero-order chi connectivity index (χ0) is 17.7. The normalized spacial score (nSPS) is 50.4. The second-order valence-corrected chi connectivity index (χ2v) is 9.69. The average molecular weight is 352 g/mol. The standard InChI is InChI=1S/C17H20O6S/c1-15-6-7-16(2,24(15)20)12-10(15)11-8(13(18)21-4)9(14(19)22-5)17(12,3)23-11/h6-7,10-12H,1-5H3/t10-,11-,12+,15-,16+,17+,24?/m0/s1. The van der Waals surface area contributed by atoms with Crippen LogP contribution in [0.2, 0.25) is 0 Å². The van der Waals surface area contributed by atoms with Crippen molar-refractivity contribution in [2.45, 2.75) is 42.0 Å². The van der Waals surface area contributed by atoms with Crippen molar-refractivity contribution in [1.29, 1.82) is 0 Å². The molecule has 0 amide bonds. The third-order valence-electron chi connectivity index (χ3n) is 6.32. The van der Waals surface area contributed by atoms with E-state index >= 15 is 0 Å². The van der Waals surface area contributed by atoms with E-state index in [-0.39, 0.29) is 23.0 Å². The fraction of sp³-hybridized carbons (Fsp3) is 0.647. The SMILES string of the molecule is COC(=O)C1=C(C(=O)OC)[C@@]2(C)O[C@@H]1[C@H]1[C@@H]2[C@@]2(C)C=C[C@]1(C)S2=O. The first kappa shape index (κ1) is 16.0. The fourth-order valence-corrected chi connectivity index (χ4v) is 7.89. The van der Waals surface area contributed by atoms with E-state index in [0.29, 0.717) is 0 Å². The summed E-state index contributed by atoms with van der Waals surface area (Å²) in [5.41, 5.74) is -0.583. The van der Waals surface area contributed by atoms with Crippen molar-refractivity contribution >= 4 is 22.7 Å². The van der Waals surface area contributed by atoms with Gasteiger partial charge in [0.15, 0.2) is 0 Å². The van der Waals surface area contributed by atoms with E-state index in [0.717, 1.165) is 0 Å². The molecule has 4 rings (SSSR count). The maximum atomic E-state index is 13.1. The molecule has 2 fully saturated rings. The Morgan fingerprint density at radius 2 is 1.67 bits per heavy atom. The lowest BCUT2D eigenvalue weighted by atomic mass is 9.59. The highest BCUT2D eigenvalue weighted by molar-refractivity contribution is 7.89. The van der Waals surface area contributed by atoms with Gasteiger partial charge in [-0.25, -0.2) is 9.59 Å². The molecule has 1 unspecified atom stereocenters. The number of esters is 2. The molecule has 0 aromatic rings. The first-order chi connectivity index (χ1) is 11.2. The Morgan fingerprint density at radius 3 is 2.25 bits per heavy atom. The molecule has 0 radical (unpaired) electrons. The van der Waals surface area contributed by atoms with E-state index in [9.17, 15) is 13.8 Å². The van der Waals surface area contributed by atoms with E-state index in [2.05, 4.69) is 0 Å². The van der Waals surface area contributed by atoms with Crippen LogP contribution in [-0.2, 0) is 34.6 Å². The smallest absolute Gasteiger partial charge is 0.337 e. The number of methoxy groups -OCH3 is 2. The zero-order valence-corrected chi connectivity index (χ0v) is 15.1. The molecule has 4 aliphatic heterocycles. The summed E-state index contributed by atoms with van der Waals surface area (Å²) in [4.78, 5) is 24.8. The van der Waals surface area contributed by atoms with Gasteiger partial charge in [-0.2, -0.15) is 0 Å². The number of hydrogen-bond acceptors (Lipinski definition) is 6. The monoisotopic (exact) mass is 352 g/mol. The lowest BCUT2D eigenvalue weighted by molar-refractivity contribution is -0.140. The van der Waals surface area contributed by atoms with Gasteiger partial charge in [0, 0.05) is 22.6 Å². The van der Waals surface area contributed by atoms with Crippen molar-refractivity contribution in [3.8, 4) is 0 Å². The van der Waals surface area contributed by atoms with E-state index < -0.39 is 43.9 Å². The van der Waals surface area contributed by atoms with Gasteiger partial charge in [0.1, 0.15) is 5.60 Å². The van der Waals surface area contributed by atoms with Crippen LogP contribution in [0.4, 0.5) is 0 Å². The van der Waals surface area contributed by atoms with Crippen LogP contribution in [0, 0.1) is 11.8 Å². The Kier molecular flexibility index (Phi) is 2.92. The lowest BCUT2D eigenvalue weighted by Gasteiger charge is -2.40. The second kappa shape index (κ2) is 4.38. The maximum Gasteiger partial charge on any atom is 0.337 e. The van der Waals surface area contributed by atoms with E-state index in [1.54, 1.807) is 6.92 Å². The number of rotatable bonds is 2. The van der Waals surface area contributed by atoms with Crippen molar-refractivity contribution in [3.63, 3.8) is 0 Å². The third kappa shape index (κ3) is 1.41. The Balaban J connectivity index is 1.97. The van der Waals surface area contributed by atoms with Crippen LogP contribution in [-0.4, -0.2) is 51.6 Å². The Labute approximate surface area is 142 Å². The van der Waals surface area contributed by atoms with Crippen LogP contribution in [0.15, 0.2) is 23.3 Å². The molecular weight excluding hydrogens is 332 g/mol. The van der Waals surface area contributed by atoms with Gasteiger partial charge in [-0.1, -0.05) is 12.2 Å². The second-order valence-electron chi connectivity index (χ2n) is 7.39. The molecule has 6 nitrogen and oxygen atoms in total. The summed E-state index contributed by atoms with van der Waals surface area (Å²) in [5.74, 6) is -1.48. The predicted octanol–water partition coefficient (Wildman–Crippen LogP) is 0.882. The van der Waals surface area contributed by atoms with E-state index in [1.165, 1.54) is 14.2 Å². The molecule has 2 saturated heterocycles. The quantitative estimate of drug-likeness (QED) is 0.542. The van der Waals surface area contributed by atoms with Gasteiger partial charge >= 0.3 is 11.9 Å². The van der Waals surface area contributed by atoms with Gasteiger partial charge in [0.25, 0.3) is 0 Å². The van der Waals surface area contributed by atoms with Gasteiger partial charge in [0.05, 0.1) is 41.0 Å². The van der Waals surface area contributed by atoms with Gasteiger partial charge in [-0.3, -0.25) is 4.21 Å². The summed E-state index contributed by atoms with van der Waals surface area (Å²) < 4.78 is 28.0. The van der Waals surface area contributed by atoms with Crippen LogP contribution in [0.3, 0.4) is 0 Å². The highest BCUT2D eigenvalue weighted by Gasteiger charge is 2.79. The topological polar surface area (TPSA) is 78.9 Å². The highest BCUT2D eigenvalue weighted by Crippen LogP contribution is 2.69. The van der Waals surface area contributed by atoms with Gasteiger partial charge in [-0.05, 0) is 20.8 Å². The van der Waals surface area contributed by atoms with Crippen LogP contribution in [0.5, 0.6) is 0 Å². The van der Waals surface area contributed by atoms with E-state index in [1.807, 2.05) is 26.0 Å². The molecule has 4 bridgehead atoms. The fourth-order valence-electron chi connectivity index (χ4n) is 5.45. The minimum absolute atomic E-state index is 0.138. The minimum atomic E-state index is -1.15. The first-order valence-electron chi connectivity index (χ1n) is 7.88. The maximum absolute atomic E-state index is 13.1.